The third-order valence-corrected chi connectivity index (χ3v) is 4.21. The molecule has 2 heterocycles. The van der Waals surface area contributed by atoms with E-state index in [-0.39, 0.29) is 11.7 Å². The maximum atomic E-state index is 12.6. The molecule has 1 N–H and O–H groups in total. The molecule has 1 unspecified atom stereocenters. The van der Waals surface area contributed by atoms with Gasteiger partial charge in [-0.05, 0) is 12.5 Å². The molecule has 27 heavy (non-hydrogen) atoms. The summed E-state index contributed by atoms with van der Waals surface area (Å²) in [6.45, 7) is 6.10. The highest BCUT2D eigenvalue weighted by atomic mass is 16.3. The Morgan fingerprint density at radius 3 is 2.78 bits per heavy atom. The smallest absolute Gasteiger partial charge is 0.421 e. The molecule has 140 valence electrons. The molecule has 2 aliphatic heterocycles. The first kappa shape index (κ1) is 18.2. The van der Waals surface area contributed by atoms with E-state index in [0.29, 0.717) is 23.9 Å². The quantitative estimate of drug-likeness (QED) is 0.327. The minimum absolute atomic E-state index is 0.114. The third kappa shape index (κ3) is 3.40. The minimum atomic E-state index is -0.725. The maximum absolute atomic E-state index is 12.6. The number of rotatable bonds is 4. The molecule has 1 aromatic rings. The average Bonchev–Trinajstić information content (AvgIpc) is 2.96. The SMILES string of the molecule is C=C(C)CN1C(N/N=C/c2cccc([O-])c2)=[N+]=C2C1C(=O)N(C)C(=O)N2C. The van der Waals surface area contributed by atoms with Crippen molar-refractivity contribution in [2.45, 2.75) is 13.0 Å². The number of urea groups is 1. The molecule has 9 nitrogen and oxygen atoms in total. The summed E-state index contributed by atoms with van der Waals surface area (Å²) in [6, 6.07) is 5.13. The third-order valence-electron chi connectivity index (χ3n) is 4.21. The first-order valence-electron chi connectivity index (χ1n) is 8.27. The van der Waals surface area contributed by atoms with Crippen molar-refractivity contribution in [2.75, 3.05) is 20.6 Å². The Bertz CT molecular complexity index is 915. The van der Waals surface area contributed by atoms with E-state index in [1.165, 1.54) is 30.3 Å². The first-order chi connectivity index (χ1) is 12.8. The second kappa shape index (κ2) is 6.97. The van der Waals surface area contributed by atoms with Crippen molar-refractivity contribution in [1.29, 1.82) is 0 Å². The van der Waals surface area contributed by atoms with Crippen LogP contribution in [0.1, 0.15) is 12.5 Å². The van der Waals surface area contributed by atoms with Crippen LogP contribution in [0.25, 0.3) is 0 Å². The lowest BCUT2D eigenvalue weighted by Gasteiger charge is -2.31. The number of fused-ring (bicyclic) bond motifs is 1. The lowest BCUT2D eigenvalue weighted by molar-refractivity contribution is -0.268. The zero-order valence-electron chi connectivity index (χ0n) is 15.3. The van der Waals surface area contributed by atoms with Crippen LogP contribution in [0.4, 0.5) is 4.79 Å². The largest absolute Gasteiger partial charge is 0.872 e. The highest BCUT2D eigenvalue weighted by molar-refractivity contribution is 6.23. The van der Waals surface area contributed by atoms with Crippen LogP contribution in [-0.4, -0.2) is 71.3 Å². The summed E-state index contributed by atoms with van der Waals surface area (Å²) in [7, 11) is 3.01. The fourth-order valence-electron chi connectivity index (χ4n) is 2.90. The molecule has 1 atom stereocenters. The molecule has 0 aliphatic carbocycles. The molecule has 0 saturated carbocycles. The Morgan fingerprint density at radius 1 is 1.37 bits per heavy atom. The van der Waals surface area contributed by atoms with E-state index in [1.807, 2.05) is 6.92 Å². The molecule has 3 amide bonds. The van der Waals surface area contributed by atoms with Gasteiger partial charge in [0.2, 0.25) is 6.04 Å². The van der Waals surface area contributed by atoms with Crippen LogP contribution in [-0.2, 0) is 4.79 Å². The van der Waals surface area contributed by atoms with Crippen LogP contribution in [0.5, 0.6) is 5.75 Å². The molecule has 1 fully saturated rings. The zero-order valence-corrected chi connectivity index (χ0v) is 15.3. The van der Waals surface area contributed by atoms with Gasteiger partial charge in [0.25, 0.3) is 5.91 Å². The van der Waals surface area contributed by atoms with Gasteiger partial charge in [-0.25, -0.2) is 19.3 Å². The van der Waals surface area contributed by atoms with Crippen LogP contribution >= 0.6 is 0 Å². The predicted octanol–water partition coefficient (Wildman–Crippen LogP) is -0.710. The van der Waals surface area contributed by atoms with E-state index in [2.05, 4.69) is 21.8 Å². The number of nitrogens with one attached hydrogen (secondary N) is 1. The van der Waals surface area contributed by atoms with Crippen molar-refractivity contribution >= 4 is 29.9 Å². The van der Waals surface area contributed by atoms with Gasteiger partial charge in [0.15, 0.2) is 0 Å². The van der Waals surface area contributed by atoms with Crippen molar-refractivity contribution in [1.82, 2.24) is 24.8 Å². The van der Waals surface area contributed by atoms with E-state index in [1.54, 1.807) is 24.1 Å². The molecule has 1 saturated heterocycles. The Morgan fingerprint density at radius 2 is 2.11 bits per heavy atom. The second-order valence-electron chi connectivity index (χ2n) is 6.46. The van der Waals surface area contributed by atoms with Crippen molar-refractivity contribution in [2.24, 2.45) is 5.10 Å². The summed E-state index contributed by atoms with van der Waals surface area (Å²) in [5.74, 6) is 0.189. The highest BCUT2D eigenvalue weighted by Crippen LogP contribution is 2.18. The summed E-state index contributed by atoms with van der Waals surface area (Å²) in [5.41, 5.74) is 4.26. The van der Waals surface area contributed by atoms with Crippen LogP contribution in [0.3, 0.4) is 0 Å². The number of hydrazone groups is 1. The van der Waals surface area contributed by atoms with Crippen molar-refractivity contribution in [3.8, 4) is 5.75 Å². The van der Waals surface area contributed by atoms with Gasteiger partial charge in [0, 0.05) is 7.05 Å². The topological polar surface area (TPSA) is 105 Å². The summed E-state index contributed by atoms with van der Waals surface area (Å²) in [6.07, 6.45) is 1.48. The zero-order chi connectivity index (χ0) is 19.7. The van der Waals surface area contributed by atoms with Gasteiger partial charge < -0.3 is 5.11 Å². The summed E-state index contributed by atoms with van der Waals surface area (Å²) >= 11 is 0. The molecule has 1 aromatic carbocycles. The standard InChI is InChI=1S/C18H20N6O3/c1-11(2)10-24-14-15(22(3)18(27)23(4)16(14)26)20-17(24)21-19-9-12-6-5-7-13(25)8-12/h5-9,14,25H,1,10H2,2-4H3/b19-9+. The van der Waals surface area contributed by atoms with Crippen LogP contribution in [0.15, 0.2) is 41.5 Å². The van der Waals surface area contributed by atoms with Crippen molar-refractivity contribution < 1.29 is 14.7 Å². The molecular formula is C18H20N6O3. The number of likely N-dealkylation sites (N-methyl/N-ethyl adjacent to an activating group) is 2. The predicted molar refractivity (Wildman–Crippen MR) is 100 cm³/mol. The van der Waals surface area contributed by atoms with Gasteiger partial charge >= 0.3 is 17.8 Å². The van der Waals surface area contributed by atoms with E-state index in [9.17, 15) is 14.7 Å². The van der Waals surface area contributed by atoms with Gasteiger partial charge in [-0.15, -0.1) is 10.9 Å². The Hall–Kier alpha value is -3.58. The molecular weight excluding hydrogens is 348 g/mol. The molecule has 0 spiro atoms. The summed E-state index contributed by atoms with van der Waals surface area (Å²) in [4.78, 5) is 28.9. The molecule has 9 heteroatoms. The molecule has 0 aromatic heterocycles. The van der Waals surface area contributed by atoms with Gasteiger partial charge in [-0.3, -0.25) is 9.69 Å². The number of carbonyl (C=O) groups is 2. The monoisotopic (exact) mass is 368 g/mol. The number of amides is 3. The lowest BCUT2D eigenvalue weighted by atomic mass is 10.1. The fraction of sp³-hybridized carbons (Fsp3) is 0.278. The minimum Gasteiger partial charge on any atom is -0.872 e. The number of benzene rings is 1. The number of guanidine groups is 1. The summed E-state index contributed by atoms with van der Waals surface area (Å²) < 4.78 is 4.40. The number of amidine groups is 1. The van der Waals surface area contributed by atoms with Gasteiger partial charge in [-0.2, -0.15) is 5.43 Å². The fourth-order valence-corrected chi connectivity index (χ4v) is 2.90. The molecule has 0 bridgehead atoms. The lowest BCUT2D eigenvalue weighted by Crippen LogP contribution is -2.64. The van der Waals surface area contributed by atoms with Crippen molar-refractivity contribution in [3.63, 3.8) is 0 Å². The van der Waals surface area contributed by atoms with Gasteiger partial charge in [0.1, 0.15) is 0 Å². The summed E-state index contributed by atoms with van der Waals surface area (Å²) in [5, 5.41) is 15.5. The second-order valence-corrected chi connectivity index (χ2v) is 6.46. The normalized spacial score (nSPS) is 19.4. The average molecular weight is 368 g/mol. The molecule has 0 radical (unpaired) electrons. The van der Waals surface area contributed by atoms with E-state index < -0.39 is 12.1 Å². The van der Waals surface area contributed by atoms with E-state index in [0.717, 1.165) is 10.5 Å². The number of imide groups is 1. The first-order valence-corrected chi connectivity index (χ1v) is 8.27. The Labute approximate surface area is 156 Å². The number of nitrogens with zero attached hydrogens (tertiary/aromatic N) is 5. The van der Waals surface area contributed by atoms with E-state index in [4.69, 9.17) is 0 Å². The molecule has 2 aliphatic rings. The van der Waals surface area contributed by atoms with Gasteiger partial charge in [-0.1, -0.05) is 36.4 Å². The van der Waals surface area contributed by atoms with Crippen molar-refractivity contribution in [3.05, 3.63) is 42.0 Å². The van der Waals surface area contributed by atoms with Crippen LogP contribution in [0.2, 0.25) is 0 Å². The Kier molecular flexibility index (Phi) is 4.70. The molecule has 3 rings (SSSR count). The number of hydrogen-bond acceptors (Lipinski definition) is 6. The Balaban J connectivity index is 1.89. The maximum Gasteiger partial charge on any atom is 0.421 e. The van der Waals surface area contributed by atoms with E-state index >= 15 is 0 Å². The van der Waals surface area contributed by atoms with Gasteiger partial charge in [0.05, 0.1) is 19.8 Å². The highest BCUT2D eigenvalue weighted by Gasteiger charge is 2.54. The number of carbonyl (C=O) groups excluding carboxylic acids is 2. The number of hydrogen-bond donors (Lipinski definition) is 1. The van der Waals surface area contributed by atoms with Crippen LogP contribution < -0.4 is 15.2 Å². The van der Waals surface area contributed by atoms with Crippen LogP contribution in [0, 0.1) is 0 Å².